The number of likely N-dealkylation sites (N-methyl/N-ethyl adjacent to an activating group) is 1. The highest BCUT2D eigenvalue weighted by Crippen LogP contribution is 2.26. The topological polar surface area (TPSA) is 80.4 Å². The van der Waals surface area contributed by atoms with E-state index in [1.165, 1.54) is 0 Å². The molecule has 0 unspecified atom stereocenters. The molecular formula is C24H26N4O3S. The van der Waals surface area contributed by atoms with Crippen LogP contribution >= 0.6 is 11.3 Å². The summed E-state index contributed by atoms with van der Waals surface area (Å²) in [5.74, 6) is 1.13. The summed E-state index contributed by atoms with van der Waals surface area (Å²) in [7, 11) is 0. The molecule has 32 heavy (non-hydrogen) atoms. The summed E-state index contributed by atoms with van der Waals surface area (Å²) in [5, 5.41) is 5.87. The fraction of sp³-hybridized carbons (Fsp3) is 0.292. The van der Waals surface area contributed by atoms with E-state index in [0.29, 0.717) is 42.7 Å². The van der Waals surface area contributed by atoms with Gasteiger partial charge in [-0.05, 0) is 56.5 Å². The van der Waals surface area contributed by atoms with E-state index in [4.69, 9.17) is 4.42 Å². The average molecular weight is 451 g/mol. The molecule has 4 aromatic rings. The molecular weight excluding hydrogens is 424 g/mol. The molecule has 0 fully saturated rings. The molecule has 1 aromatic carbocycles. The van der Waals surface area contributed by atoms with Crippen LogP contribution in [0.3, 0.4) is 0 Å². The third-order valence-corrected chi connectivity index (χ3v) is 6.29. The Kier molecular flexibility index (Phi) is 6.41. The van der Waals surface area contributed by atoms with Crippen LogP contribution in [0.1, 0.15) is 25.3 Å². The lowest BCUT2D eigenvalue weighted by atomic mass is 10.2. The van der Waals surface area contributed by atoms with Gasteiger partial charge in [-0.3, -0.25) is 9.59 Å². The Morgan fingerprint density at radius 2 is 2.00 bits per heavy atom. The van der Waals surface area contributed by atoms with Crippen LogP contribution in [0.4, 0.5) is 5.69 Å². The number of anilines is 1. The van der Waals surface area contributed by atoms with Gasteiger partial charge >= 0.3 is 0 Å². The fourth-order valence-corrected chi connectivity index (χ4v) is 4.34. The number of fused-ring (bicyclic) bond motifs is 1. The maximum atomic E-state index is 12.6. The second-order valence-corrected chi connectivity index (χ2v) is 8.46. The van der Waals surface area contributed by atoms with Gasteiger partial charge in [-0.2, -0.15) is 0 Å². The normalized spacial score (nSPS) is 11.1. The van der Waals surface area contributed by atoms with Gasteiger partial charge in [0, 0.05) is 35.9 Å². The lowest BCUT2D eigenvalue weighted by Crippen LogP contribution is -2.33. The van der Waals surface area contributed by atoms with Gasteiger partial charge in [-0.1, -0.05) is 6.07 Å². The van der Waals surface area contributed by atoms with Crippen LogP contribution in [0, 0.1) is 6.92 Å². The Morgan fingerprint density at radius 1 is 1.19 bits per heavy atom. The highest BCUT2D eigenvalue weighted by Gasteiger charge is 2.16. The molecule has 0 saturated heterocycles. The highest BCUT2D eigenvalue weighted by molar-refractivity contribution is 7.13. The van der Waals surface area contributed by atoms with Gasteiger partial charge in [0.05, 0.1) is 17.0 Å². The number of hydrogen-bond acceptors (Lipinski definition) is 5. The molecule has 0 aliphatic heterocycles. The molecule has 0 saturated carbocycles. The number of thiophene rings is 1. The molecule has 166 valence electrons. The number of rotatable bonds is 8. The van der Waals surface area contributed by atoms with E-state index in [2.05, 4.69) is 10.3 Å². The van der Waals surface area contributed by atoms with Crippen molar-refractivity contribution in [1.82, 2.24) is 14.5 Å². The average Bonchev–Trinajstić information content (AvgIpc) is 3.50. The second kappa shape index (κ2) is 9.40. The van der Waals surface area contributed by atoms with Crippen LogP contribution in [-0.2, 0) is 22.6 Å². The molecule has 0 bridgehead atoms. The standard InChI is InChI=1S/C24H26N4O3S/c1-4-27(5-2)23(30)15-28-11-10-17-13-18(8-9-20(17)28)25-22(29)14-19-16(3)31-24(26-19)21-7-6-12-32-21/h6-13H,4-5,14-15H2,1-3H3,(H,25,29). The Balaban J connectivity index is 1.43. The van der Waals surface area contributed by atoms with Crippen molar-refractivity contribution in [2.24, 2.45) is 0 Å². The summed E-state index contributed by atoms with van der Waals surface area (Å²) in [6, 6.07) is 11.5. The predicted molar refractivity (Wildman–Crippen MR) is 127 cm³/mol. The fourth-order valence-electron chi connectivity index (χ4n) is 3.69. The van der Waals surface area contributed by atoms with Crippen molar-refractivity contribution in [1.29, 1.82) is 0 Å². The first-order chi connectivity index (χ1) is 15.5. The van der Waals surface area contributed by atoms with Gasteiger partial charge in [0.15, 0.2) is 0 Å². The minimum atomic E-state index is -0.158. The monoisotopic (exact) mass is 450 g/mol. The van der Waals surface area contributed by atoms with Crippen LogP contribution in [0.15, 0.2) is 52.4 Å². The van der Waals surface area contributed by atoms with Gasteiger partial charge in [-0.25, -0.2) is 4.98 Å². The first kappa shape index (κ1) is 21.8. The van der Waals surface area contributed by atoms with Crippen LogP contribution in [0.25, 0.3) is 21.7 Å². The zero-order chi connectivity index (χ0) is 22.7. The van der Waals surface area contributed by atoms with E-state index in [1.54, 1.807) is 11.3 Å². The Hall–Kier alpha value is -3.39. The first-order valence-corrected chi connectivity index (χ1v) is 11.5. The molecule has 0 aliphatic carbocycles. The number of aryl methyl sites for hydroxylation is 1. The van der Waals surface area contributed by atoms with Crippen LogP contribution in [-0.4, -0.2) is 39.4 Å². The van der Waals surface area contributed by atoms with Crippen LogP contribution < -0.4 is 5.32 Å². The Bertz CT molecular complexity index is 1240. The molecule has 0 spiro atoms. The molecule has 0 atom stereocenters. The number of aromatic nitrogens is 2. The lowest BCUT2D eigenvalue weighted by molar-refractivity contribution is -0.131. The molecule has 4 rings (SSSR count). The SMILES string of the molecule is CCN(CC)C(=O)Cn1ccc2cc(NC(=O)Cc3nc(-c4cccs4)oc3C)ccc21. The molecule has 0 radical (unpaired) electrons. The largest absolute Gasteiger partial charge is 0.440 e. The number of hydrogen-bond donors (Lipinski definition) is 1. The number of carbonyl (C=O) groups excluding carboxylic acids is 2. The number of oxazole rings is 1. The van der Waals surface area contributed by atoms with E-state index in [0.717, 1.165) is 15.8 Å². The third-order valence-electron chi connectivity index (χ3n) is 5.43. The van der Waals surface area contributed by atoms with Crippen molar-refractivity contribution >= 4 is 39.7 Å². The number of nitrogens with zero attached hydrogens (tertiary/aromatic N) is 3. The van der Waals surface area contributed by atoms with Crippen molar-refractivity contribution in [3.05, 3.63) is 59.4 Å². The van der Waals surface area contributed by atoms with Gasteiger partial charge in [-0.15, -0.1) is 11.3 Å². The van der Waals surface area contributed by atoms with E-state index in [1.807, 2.05) is 78.2 Å². The van der Waals surface area contributed by atoms with Crippen LogP contribution in [0.2, 0.25) is 0 Å². The van der Waals surface area contributed by atoms with Crippen molar-refractivity contribution < 1.29 is 14.0 Å². The van der Waals surface area contributed by atoms with E-state index in [-0.39, 0.29) is 18.2 Å². The number of amides is 2. The molecule has 0 aliphatic rings. The van der Waals surface area contributed by atoms with Gasteiger partial charge in [0.2, 0.25) is 17.7 Å². The molecule has 8 heteroatoms. The van der Waals surface area contributed by atoms with Gasteiger partial charge in [0.25, 0.3) is 0 Å². The second-order valence-electron chi connectivity index (χ2n) is 7.51. The number of carbonyl (C=O) groups is 2. The summed E-state index contributed by atoms with van der Waals surface area (Å²) in [6.07, 6.45) is 2.04. The number of nitrogens with one attached hydrogen (secondary N) is 1. The maximum Gasteiger partial charge on any atom is 0.242 e. The van der Waals surface area contributed by atoms with Gasteiger partial charge in [0.1, 0.15) is 12.3 Å². The summed E-state index contributed by atoms with van der Waals surface area (Å²) >= 11 is 1.55. The summed E-state index contributed by atoms with van der Waals surface area (Å²) in [5.41, 5.74) is 2.29. The molecule has 2 amide bonds. The van der Waals surface area contributed by atoms with Crippen molar-refractivity contribution in [3.63, 3.8) is 0 Å². The molecule has 7 nitrogen and oxygen atoms in total. The first-order valence-electron chi connectivity index (χ1n) is 10.6. The quantitative estimate of drug-likeness (QED) is 0.421. The lowest BCUT2D eigenvalue weighted by Gasteiger charge is -2.19. The summed E-state index contributed by atoms with van der Waals surface area (Å²) in [6.45, 7) is 7.48. The Labute approximate surface area is 190 Å². The summed E-state index contributed by atoms with van der Waals surface area (Å²) in [4.78, 5) is 32.3. The predicted octanol–water partition coefficient (Wildman–Crippen LogP) is 4.72. The zero-order valence-electron chi connectivity index (χ0n) is 18.4. The van der Waals surface area contributed by atoms with Crippen molar-refractivity contribution in [2.75, 3.05) is 18.4 Å². The maximum absolute atomic E-state index is 12.6. The van der Waals surface area contributed by atoms with E-state index in [9.17, 15) is 9.59 Å². The van der Waals surface area contributed by atoms with Crippen molar-refractivity contribution in [2.45, 2.75) is 33.7 Å². The Morgan fingerprint density at radius 3 is 2.72 bits per heavy atom. The molecule has 3 heterocycles. The minimum Gasteiger partial charge on any atom is -0.440 e. The van der Waals surface area contributed by atoms with E-state index >= 15 is 0 Å². The minimum absolute atomic E-state index is 0.0924. The highest BCUT2D eigenvalue weighted by atomic mass is 32.1. The van der Waals surface area contributed by atoms with Crippen molar-refractivity contribution in [3.8, 4) is 10.8 Å². The van der Waals surface area contributed by atoms with Crippen LogP contribution in [0.5, 0.6) is 0 Å². The molecule has 1 N–H and O–H groups in total. The molecule has 3 aromatic heterocycles. The third kappa shape index (κ3) is 4.60. The van der Waals surface area contributed by atoms with Gasteiger partial charge < -0.3 is 19.2 Å². The zero-order valence-corrected chi connectivity index (χ0v) is 19.2. The summed E-state index contributed by atoms with van der Waals surface area (Å²) < 4.78 is 7.66. The smallest absolute Gasteiger partial charge is 0.242 e. The number of benzene rings is 1. The van der Waals surface area contributed by atoms with E-state index < -0.39 is 0 Å².